The van der Waals surface area contributed by atoms with Gasteiger partial charge in [-0.1, -0.05) is 29.8 Å². The SMILES string of the molecule is O=C1CCCCN1Cc1ccccc1Cl. The zero-order chi connectivity index (χ0) is 10.7. The third-order valence-electron chi connectivity index (χ3n) is 2.74. The molecule has 2 nitrogen and oxygen atoms in total. The first-order valence-corrected chi connectivity index (χ1v) is 5.66. The van der Waals surface area contributed by atoms with E-state index in [1.165, 1.54) is 0 Å². The summed E-state index contributed by atoms with van der Waals surface area (Å²) < 4.78 is 0. The van der Waals surface area contributed by atoms with Crippen LogP contribution in [0, 0.1) is 0 Å². The lowest BCUT2D eigenvalue weighted by Crippen LogP contribution is -2.34. The molecule has 0 bridgehead atoms. The maximum absolute atomic E-state index is 11.6. The highest BCUT2D eigenvalue weighted by atomic mass is 35.5. The topological polar surface area (TPSA) is 20.3 Å². The van der Waals surface area contributed by atoms with Crippen LogP contribution in [0.15, 0.2) is 24.3 Å². The molecular weight excluding hydrogens is 210 g/mol. The van der Waals surface area contributed by atoms with Crippen LogP contribution in [0.4, 0.5) is 0 Å². The van der Waals surface area contributed by atoms with E-state index in [-0.39, 0.29) is 5.91 Å². The van der Waals surface area contributed by atoms with Crippen molar-refractivity contribution in [3.63, 3.8) is 0 Å². The Bertz CT molecular complexity index is 364. The number of carbonyl (C=O) groups is 1. The minimum atomic E-state index is 0.251. The van der Waals surface area contributed by atoms with E-state index in [0.29, 0.717) is 13.0 Å². The fourth-order valence-electron chi connectivity index (χ4n) is 1.86. The second kappa shape index (κ2) is 4.67. The molecule has 0 N–H and O–H groups in total. The van der Waals surface area contributed by atoms with Crippen molar-refractivity contribution in [2.75, 3.05) is 6.54 Å². The standard InChI is InChI=1S/C12H14ClNO/c13-11-6-2-1-5-10(11)9-14-8-4-3-7-12(14)15/h1-2,5-6H,3-4,7-9H2. The Labute approximate surface area is 94.8 Å². The number of halogens is 1. The number of piperidine rings is 1. The van der Waals surface area contributed by atoms with Crippen molar-refractivity contribution in [1.29, 1.82) is 0 Å². The Balaban J connectivity index is 2.08. The molecule has 1 aromatic rings. The van der Waals surface area contributed by atoms with Crippen molar-refractivity contribution in [1.82, 2.24) is 4.90 Å². The maximum atomic E-state index is 11.6. The summed E-state index contributed by atoms with van der Waals surface area (Å²) in [7, 11) is 0. The highest BCUT2D eigenvalue weighted by Gasteiger charge is 2.18. The molecule has 2 rings (SSSR count). The van der Waals surface area contributed by atoms with Crippen molar-refractivity contribution in [2.45, 2.75) is 25.8 Å². The molecular formula is C12H14ClNO. The van der Waals surface area contributed by atoms with Gasteiger partial charge in [-0.25, -0.2) is 0 Å². The molecule has 0 aromatic heterocycles. The van der Waals surface area contributed by atoms with E-state index in [9.17, 15) is 4.79 Å². The first-order chi connectivity index (χ1) is 7.27. The molecule has 1 fully saturated rings. The van der Waals surface area contributed by atoms with Crippen LogP contribution in [0.5, 0.6) is 0 Å². The number of hydrogen-bond acceptors (Lipinski definition) is 1. The van der Waals surface area contributed by atoms with Crippen molar-refractivity contribution >= 4 is 17.5 Å². The van der Waals surface area contributed by atoms with E-state index in [1.807, 2.05) is 29.2 Å². The third-order valence-corrected chi connectivity index (χ3v) is 3.11. The summed E-state index contributed by atoms with van der Waals surface area (Å²) in [4.78, 5) is 13.5. The molecule has 0 radical (unpaired) electrons. The molecule has 0 saturated carbocycles. The van der Waals surface area contributed by atoms with Gasteiger partial charge in [0.2, 0.25) is 5.91 Å². The van der Waals surface area contributed by atoms with Crippen LogP contribution in [0.2, 0.25) is 5.02 Å². The maximum Gasteiger partial charge on any atom is 0.222 e. The molecule has 0 aliphatic carbocycles. The average molecular weight is 224 g/mol. The molecule has 1 saturated heterocycles. The van der Waals surface area contributed by atoms with E-state index >= 15 is 0 Å². The van der Waals surface area contributed by atoms with Gasteiger partial charge in [0, 0.05) is 24.5 Å². The third kappa shape index (κ3) is 2.51. The van der Waals surface area contributed by atoms with Crippen LogP contribution in [0.1, 0.15) is 24.8 Å². The quantitative estimate of drug-likeness (QED) is 0.755. The Kier molecular flexibility index (Phi) is 3.27. The van der Waals surface area contributed by atoms with Crippen molar-refractivity contribution < 1.29 is 4.79 Å². The predicted octanol–water partition coefficient (Wildman–Crippen LogP) is 2.85. The summed E-state index contributed by atoms with van der Waals surface area (Å²) >= 11 is 6.05. The molecule has 1 amide bonds. The second-order valence-corrected chi connectivity index (χ2v) is 4.27. The Hall–Kier alpha value is -1.02. The number of hydrogen-bond donors (Lipinski definition) is 0. The van der Waals surface area contributed by atoms with Crippen LogP contribution in [-0.2, 0) is 11.3 Å². The van der Waals surface area contributed by atoms with Gasteiger partial charge in [-0.15, -0.1) is 0 Å². The van der Waals surface area contributed by atoms with Crippen LogP contribution in [0.3, 0.4) is 0 Å². The molecule has 0 unspecified atom stereocenters. The molecule has 3 heteroatoms. The van der Waals surface area contributed by atoms with Gasteiger partial charge in [-0.3, -0.25) is 4.79 Å². The van der Waals surface area contributed by atoms with Crippen LogP contribution in [-0.4, -0.2) is 17.4 Å². The first kappa shape index (κ1) is 10.5. The molecule has 0 atom stereocenters. The smallest absolute Gasteiger partial charge is 0.222 e. The highest BCUT2D eigenvalue weighted by molar-refractivity contribution is 6.31. The lowest BCUT2D eigenvalue weighted by molar-refractivity contribution is -0.133. The molecule has 0 spiro atoms. The summed E-state index contributed by atoms with van der Waals surface area (Å²) in [5, 5.41) is 0.746. The van der Waals surface area contributed by atoms with Gasteiger partial charge in [-0.2, -0.15) is 0 Å². The van der Waals surface area contributed by atoms with Crippen molar-refractivity contribution in [3.05, 3.63) is 34.9 Å². The molecule has 1 heterocycles. The average Bonchev–Trinajstić information content (AvgIpc) is 2.24. The highest BCUT2D eigenvalue weighted by Crippen LogP contribution is 2.19. The number of carbonyl (C=O) groups excluding carboxylic acids is 1. The molecule has 80 valence electrons. The molecule has 1 aliphatic rings. The Morgan fingerprint density at radius 3 is 2.80 bits per heavy atom. The van der Waals surface area contributed by atoms with Gasteiger partial charge in [-0.05, 0) is 24.5 Å². The number of likely N-dealkylation sites (tertiary alicyclic amines) is 1. The van der Waals surface area contributed by atoms with Crippen molar-refractivity contribution in [2.24, 2.45) is 0 Å². The van der Waals surface area contributed by atoms with E-state index in [1.54, 1.807) is 0 Å². The van der Waals surface area contributed by atoms with E-state index < -0.39 is 0 Å². The number of nitrogens with zero attached hydrogens (tertiary/aromatic N) is 1. The zero-order valence-electron chi connectivity index (χ0n) is 8.58. The fourth-order valence-corrected chi connectivity index (χ4v) is 2.06. The van der Waals surface area contributed by atoms with E-state index in [0.717, 1.165) is 30.0 Å². The normalized spacial score (nSPS) is 16.9. The summed E-state index contributed by atoms with van der Waals surface area (Å²) in [5.74, 6) is 0.251. The lowest BCUT2D eigenvalue weighted by atomic mass is 10.1. The molecule has 15 heavy (non-hydrogen) atoms. The Morgan fingerprint density at radius 2 is 2.07 bits per heavy atom. The van der Waals surface area contributed by atoms with Gasteiger partial charge in [0.05, 0.1) is 0 Å². The van der Waals surface area contributed by atoms with Crippen LogP contribution in [0.25, 0.3) is 0 Å². The number of amides is 1. The summed E-state index contributed by atoms with van der Waals surface area (Å²) in [6.07, 6.45) is 2.82. The number of benzene rings is 1. The zero-order valence-corrected chi connectivity index (χ0v) is 9.33. The van der Waals surface area contributed by atoms with Crippen molar-refractivity contribution in [3.8, 4) is 0 Å². The lowest BCUT2D eigenvalue weighted by Gasteiger charge is -2.27. The van der Waals surface area contributed by atoms with Gasteiger partial charge in [0.25, 0.3) is 0 Å². The minimum Gasteiger partial charge on any atom is -0.338 e. The molecule has 1 aromatic carbocycles. The minimum absolute atomic E-state index is 0.251. The summed E-state index contributed by atoms with van der Waals surface area (Å²) in [5.41, 5.74) is 1.04. The Morgan fingerprint density at radius 1 is 1.27 bits per heavy atom. The van der Waals surface area contributed by atoms with Crippen LogP contribution >= 0.6 is 11.6 Å². The first-order valence-electron chi connectivity index (χ1n) is 5.28. The summed E-state index contributed by atoms with van der Waals surface area (Å²) in [6.45, 7) is 1.52. The van der Waals surface area contributed by atoms with Gasteiger partial charge in [0.15, 0.2) is 0 Å². The largest absolute Gasteiger partial charge is 0.338 e. The van der Waals surface area contributed by atoms with E-state index in [2.05, 4.69) is 0 Å². The second-order valence-electron chi connectivity index (χ2n) is 3.86. The van der Waals surface area contributed by atoms with E-state index in [4.69, 9.17) is 11.6 Å². The molecule has 1 aliphatic heterocycles. The van der Waals surface area contributed by atoms with Gasteiger partial charge >= 0.3 is 0 Å². The number of rotatable bonds is 2. The van der Waals surface area contributed by atoms with Crippen LogP contribution < -0.4 is 0 Å². The predicted molar refractivity (Wildman–Crippen MR) is 60.7 cm³/mol. The van der Waals surface area contributed by atoms with Gasteiger partial charge in [0.1, 0.15) is 0 Å². The monoisotopic (exact) mass is 223 g/mol. The fraction of sp³-hybridized carbons (Fsp3) is 0.417. The van der Waals surface area contributed by atoms with Gasteiger partial charge < -0.3 is 4.90 Å². The summed E-state index contributed by atoms with van der Waals surface area (Å²) in [6, 6.07) is 7.70.